The first-order valence-corrected chi connectivity index (χ1v) is 8.79. The quantitative estimate of drug-likeness (QED) is 0.831. The van der Waals surface area contributed by atoms with Gasteiger partial charge in [-0.2, -0.15) is 0 Å². The normalized spacial score (nSPS) is 28.7. The van der Waals surface area contributed by atoms with Crippen molar-refractivity contribution in [1.29, 1.82) is 0 Å². The third-order valence-electron chi connectivity index (χ3n) is 4.17. The summed E-state index contributed by atoms with van der Waals surface area (Å²) in [5.41, 5.74) is 0. The Balaban J connectivity index is 1.80. The Morgan fingerprint density at radius 3 is 2.53 bits per heavy atom. The topological polar surface area (TPSA) is 72.5 Å². The number of hydrogen-bond donors (Lipinski definition) is 1. The minimum atomic E-state index is -3.51. The molecule has 1 saturated heterocycles. The van der Waals surface area contributed by atoms with E-state index in [9.17, 15) is 13.2 Å². The van der Waals surface area contributed by atoms with Crippen molar-refractivity contribution >= 4 is 15.9 Å². The highest BCUT2D eigenvalue weighted by Crippen LogP contribution is 2.27. The Labute approximate surface area is 115 Å². The van der Waals surface area contributed by atoms with Crippen molar-refractivity contribution in [3.63, 3.8) is 0 Å². The fourth-order valence-electron chi connectivity index (χ4n) is 2.91. The summed E-state index contributed by atoms with van der Waals surface area (Å²) in [5, 5.41) is 0. The molecule has 0 aromatic heterocycles. The molecule has 0 radical (unpaired) electrons. The molecule has 1 amide bonds. The second-order valence-corrected chi connectivity index (χ2v) is 7.62. The third-order valence-corrected chi connectivity index (χ3v) is 5.46. The molecule has 1 aliphatic heterocycles. The zero-order valence-corrected chi connectivity index (χ0v) is 12.2. The summed E-state index contributed by atoms with van der Waals surface area (Å²) in [5.74, 6) is 0.139. The average molecular weight is 289 g/mol. The highest BCUT2D eigenvalue weighted by Gasteiger charge is 2.33. The summed E-state index contributed by atoms with van der Waals surface area (Å²) in [7, 11) is -3.51. The van der Waals surface area contributed by atoms with Gasteiger partial charge in [0, 0.05) is 6.61 Å². The standard InChI is InChI=1S/C13H23NO4S/c1-10-6-8-18-12(10)13(15)14-19(16,17)9-7-11-4-2-3-5-11/h10-12H,2-9H2,1H3,(H,14,15)/t10-,12+/m1/s1. The summed E-state index contributed by atoms with van der Waals surface area (Å²) in [6.07, 6.45) is 5.48. The van der Waals surface area contributed by atoms with E-state index in [1.807, 2.05) is 6.92 Å². The second kappa shape index (κ2) is 6.22. The number of nitrogens with one attached hydrogen (secondary N) is 1. The van der Waals surface area contributed by atoms with Gasteiger partial charge in [0.1, 0.15) is 6.10 Å². The summed E-state index contributed by atoms with van der Waals surface area (Å²) in [4.78, 5) is 11.9. The van der Waals surface area contributed by atoms with E-state index in [-0.39, 0.29) is 11.7 Å². The second-order valence-electron chi connectivity index (χ2n) is 5.78. The van der Waals surface area contributed by atoms with Crippen LogP contribution in [0.15, 0.2) is 0 Å². The smallest absolute Gasteiger partial charge is 0.262 e. The number of sulfonamides is 1. The lowest BCUT2D eigenvalue weighted by Gasteiger charge is -2.15. The average Bonchev–Trinajstić information content (AvgIpc) is 2.96. The maximum atomic E-state index is 11.9. The molecule has 0 aromatic carbocycles. The van der Waals surface area contributed by atoms with Crippen molar-refractivity contribution < 1.29 is 17.9 Å². The third kappa shape index (κ3) is 4.18. The molecule has 0 spiro atoms. The van der Waals surface area contributed by atoms with Crippen molar-refractivity contribution in [1.82, 2.24) is 4.72 Å². The molecule has 2 rings (SSSR count). The van der Waals surface area contributed by atoms with Crippen LogP contribution in [0.3, 0.4) is 0 Å². The van der Waals surface area contributed by atoms with Crippen LogP contribution in [-0.2, 0) is 19.6 Å². The van der Waals surface area contributed by atoms with Gasteiger partial charge in [-0.25, -0.2) is 8.42 Å². The molecule has 19 heavy (non-hydrogen) atoms. The summed E-state index contributed by atoms with van der Waals surface area (Å²) in [6, 6.07) is 0. The van der Waals surface area contributed by atoms with Crippen LogP contribution in [0.1, 0.15) is 45.4 Å². The number of amides is 1. The van der Waals surface area contributed by atoms with Crippen LogP contribution < -0.4 is 4.72 Å². The molecule has 2 aliphatic rings. The predicted molar refractivity (Wildman–Crippen MR) is 72.0 cm³/mol. The van der Waals surface area contributed by atoms with Crippen molar-refractivity contribution in [2.24, 2.45) is 11.8 Å². The van der Waals surface area contributed by atoms with Gasteiger partial charge in [-0.1, -0.05) is 32.6 Å². The Morgan fingerprint density at radius 2 is 1.95 bits per heavy atom. The number of rotatable bonds is 5. The fraction of sp³-hybridized carbons (Fsp3) is 0.923. The lowest BCUT2D eigenvalue weighted by molar-refractivity contribution is -0.129. The van der Waals surface area contributed by atoms with E-state index in [1.54, 1.807) is 0 Å². The van der Waals surface area contributed by atoms with Crippen molar-refractivity contribution in [2.75, 3.05) is 12.4 Å². The minimum Gasteiger partial charge on any atom is -0.368 e. The molecule has 0 bridgehead atoms. The van der Waals surface area contributed by atoms with Crippen LogP contribution in [0.5, 0.6) is 0 Å². The van der Waals surface area contributed by atoms with Gasteiger partial charge in [0.2, 0.25) is 10.0 Å². The molecule has 1 saturated carbocycles. The Kier molecular flexibility index (Phi) is 4.84. The largest absolute Gasteiger partial charge is 0.368 e. The molecular formula is C13H23NO4S. The molecule has 2 fully saturated rings. The van der Waals surface area contributed by atoms with Gasteiger partial charge in [-0.05, 0) is 24.7 Å². The van der Waals surface area contributed by atoms with E-state index in [1.165, 1.54) is 12.8 Å². The van der Waals surface area contributed by atoms with E-state index in [0.717, 1.165) is 19.3 Å². The molecule has 110 valence electrons. The molecule has 5 nitrogen and oxygen atoms in total. The van der Waals surface area contributed by atoms with Crippen LogP contribution in [-0.4, -0.2) is 32.8 Å². The minimum absolute atomic E-state index is 0.0461. The number of carbonyl (C=O) groups excluding carboxylic acids is 1. The molecule has 1 aliphatic carbocycles. The zero-order valence-electron chi connectivity index (χ0n) is 11.4. The lowest BCUT2D eigenvalue weighted by Crippen LogP contribution is -2.41. The molecule has 0 aromatic rings. The van der Waals surface area contributed by atoms with E-state index < -0.39 is 22.0 Å². The zero-order chi connectivity index (χ0) is 13.9. The molecular weight excluding hydrogens is 266 g/mol. The summed E-state index contributed by atoms with van der Waals surface area (Å²) < 4.78 is 31.2. The molecule has 6 heteroatoms. The SMILES string of the molecule is C[C@@H]1CCO[C@@H]1C(=O)NS(=O)(=O)CCC1CCCC1. The highest BCUT2D eigenvalue weighted by atomic mass is 32.2. The van der Waals surface area contributed by atoms with E-state index in [2.05, 4.69) is 4.72 Å². The van der Waals surface area contributed by atoms with Gasteiger partial charge in [-0.3, -0.25) is 9.52 Å². The first kappa shape index (κ1) is 14.8. The van der Waals surface area contributed by atoms with Gasteiger partial charge in [-0.15, -0.1) is 0 Å². The van der Waals surface area contributed by atoms with E-state index in [4.69, 9.17) is 4.74 Å². The van der Waals surface area contributed by atoms with Crippen LogP contribution in [0, 0.1) is 11.8 Å². The molecule has 1 heterocycles. The summed E-state index contributed by atoms with van der Waals surface area (Å²) in [6.45, 7) is 2.43. The van der Waals surface area contributed by atoms with Crippen LogP contribution in [0.25, 0.3) is 0 Å². The maximum Gasteiger partial charge on any atom is 0.262 e. The molecule has 0 unspecified atom stereocenters. The number of hydrogen-bond acceptors (Lipinski definition) is 4. The van der Waals surface area contributed by atoms with Gasteiger partial charge in [0.25, 0.3) is 5.91 Å². The molecule has 2 atom stereocenters. The lowest BCUT2D eigenvalue weighted by atomic mass is 10.0. The number of ether oxygens (including phenoxy) is 1. The monoisotopic (exact) mass is 289 g/mol. The van der Waals surface area contributed by atoms with Crippen LogP contribution >= 0.6 is 0 Å². The van der Waals surface area contributed by atoms with Crippen molar-refractivity contribution in [3.8, 4) is 0 Å². The van der Waals surface area contributed by atoms with Crippen LogP contribution in [0.4, 0.5) is 0 Å². The first-order valence-electron chi connectivity index (χ1n) is 7.14. The van der Waals surface area contributed by atoms with Crippen LogP contribution in [0.2, 0.25) is 0 Å². The predicted octanol–water partition coefficient (Wildman–Crippen LogP) is 1.44. The van der Waals surface area contributed by atoms with E-state index >= 15 is 0 Å². The first-order chi connectivity index (χ1) is 8.98. The summed E-state index contributed by atoms with van der Waals surface area (Å²) >= 11 is 0. The van der Waals surface area contributed by atoms with Crippen molar-refractivity contribution in [3.05, 3.63) is 0 Å². The van der Waals surface area contributed by atoms with Gasteiger partial charge >= 0.3 is 0 Å². The van der Waals surface area contributed by atoms with Crippen molar-refractivity contribution in [2.45, 2.75) is 51.6 Å². The maximum absolute atomic E-state index is 11.9. The Bertz CT molecular complexity index is 414. The number of carbonyl (C=O) groups is 1. The highest BCUT2D eigenvalue weighted by molar-refractivity contribution is 7.90. The van der Waals surface area contributed by atoms with E-state index in [0.29, 0.717) is 18.9 Å². The Hall–Kier alpha value is -0.620. The molecule has 1 N–H and O–H groups in total. The van der Waals surface area contributed by atoms with Gasteiger partial charge in [0.15, 0.2) is 0 Å². The van der Waals surface area contributed by atoms with Gasteiger partial charge < -0.3 is 4.74 Å². The Morgan fingerprint density at radius 1 is 1.26 bits per heavy atom. The fourth-order valence-corrected chi connectivity index (χ4v) is 4.08. The van der Waals surface area contributed by atoms with Gasteiger partial charge in [0.05, 0.1) is 5.75 Å².